The second kappa shape index (κ2) is 7.75. The largest absolute Gasteiger partial charge is 0.375 e. The fourth-order valence-corrected chi connectivity index (χ4v) is 0.862. The number of nitrogens with two attached hydrogens (primary N) is 1. The maximum Gasteiger partial charge on any atom is 0.178 e. The van der Waals surface area contributed by atoms with Crippen LogP contribution in [0.2, 0.25) is 0 Å². The molecule has 0 saturated carbocycles. The average Bonchev–Trinajstić information content (AvgIpc) is 1.96. The number of rotatable bonds is 6. The Morgan fingerprint density at radius 3 is 2.64 bits per heavy atom. The highest BCUT2D eigenvalue weighted by molar-refractivity contribution is 7.80. The molecule has 0 aromatic carbocycles. The predicted octanol–water partition coefficient (Wildman–Crippen LogP) is 0.905. The lowest BCUT2D eigenvalue weighted by Gasteiger charge is -2.04. The van der Waals surface area contributed by atoms with Gasteiger partial charge in [0.15, 0.2) is 5.11 Å². The topological polar surface area (TPSA) is 50.1 Å². The van der Waals surface area contributed by atoms with Crippen LogP contribution in [0.25, 0.3) is 0 Å². The molecule has 0 radical (unpaired) electrons. The molecule has 0 spiro atoms. The molecule has 0 aliphatic rings. The minimum atomic E-state index is 0.306. The van der Waals surface area contributed by atoms with Crippen molar-refractivity contribution >= 4 is 17.3 Å². The first-order chi connectivity index (χ1) is 5.27. The second-order valence-corrected chi connectivity index (χ2v) is 2.92. The van der Waals surface area contributed by atoms with Gasteiger partial charge in [-0.05, 0) is 18.6 Å². The molecule has 0 atom stereocenters. The third kappa shape index (κ3) is 9.65. The van der Waals surface area contributed by atoms with E-state index < -0.39 is 0 Å². The summed E-state index contributed by atoms with van der Waals surface area (Å²) in [4.78, 5) is 0. The lowest BCUT2D eigenvalue weighted by molar-refractivity contribution is 0.580. The highest BCUT2D eigenvalue weighted by atomic mass is 32.1. The Hall–Kier alpha value is -0.350. The highest BCUT2D eigenvalue weighted by Crippen LogP contribution is 1.96. The molecular formula is C7H17N3S. The summed E-state index contributed by atoms with van der Waals surface area (Å²) in [5, 5.41) is 0.306. The van der Waals surface area contributed by atoms with Gasteiger partial charge in [-0.1, -0.05) is 26.2 Å². The third-order valence-corrected chi connectivity index (χ3v) is 1.47. The van der Waals surface area contributed by atoms with Gasteiger partial charge in [0.2, 0.25) is 0 Å². The van der Waals surface area contributed by atoms with Gasteiger partial charge in [-0.25, -0.2) is 5.43 Å². The molecule has 0 rings (SSSR count). The van der Waals surface area contributed by atoms with Crippen LogP contribution in [0.3, 0.4) is 0 Å². The van der Waals surface area contributed by atoms with Crippen molar-refractivity contribution in [1.29, 1.82) is 0 Å². The Balaban J connectivity index is 2.85. The summed E-state index contributed by atoms with van der Waals surface area (Å²) in [6, 6.07) is 0. The van der Waals surface area contributed by atoms with Crippen molar-refractivity contribution in [2.45, 2.75) is 32.6 Å². The van der Waals surface area contributed by atoms with Crippen molar-refractivity contribution in [2.24, 2.45) is 5.73 Å². The minimum Gasteiger partial charge on any atom is -0.375 e. The van der Waals surface area contributed by atoms with E-state index >= 15 is 0 Å². The normalized spacial score (nSPS) is 9.55. The third-order valence-electron chi connectivity index (χ3n) is 1.37. The summed E-state index contributed by atoms with van der Waals surface area (Å²) in [6.45, 7) is 3.12. The molecular weight excluding hydrogens is 158 g/mol. The standard InChI is InChI=1S/C7H17N3S/c1-2-3-4-5-6-9-10-7(8)11/h9H,2-6H2,1H3,(H3,8,10,11). The van der Waals surface area contributed by atoms with Crippen molar-refractivity contribution in [1.82, 2.24) is 10.9 Å². The number of thiocarbonyl (C=S) groups is 1. The lowest BCUT2D eigenvalue weighted by Crippen LogP contribution is -2.41. The van der Waals surface area contributed by atoms with E-state index in [1.54, 1.807) is 0 Å². The Bertz CT molecular complexity index is 106. The average molecular weight is 175 g/mol. The van der Waals surface area contributed by atoms with E-state index in [1.807, 2.05) is 0 Å². The Morgan fingerprint density at radius 2 is 2.09 bits per heavy atom. The van der Waals surface area contributed by atoms with Crippen LogP contribution >= 0.6 is 12.2 Å². The van der Waals surface area contributed by atoms with Crippen LogP contribution in [0.5, 0.6) is 0 Å². The van der Waals surface area contributed by atoms with Crippen molar-refractivity contribution in [3.8, 4) is 0 Å². The van der Waals surface area contributed by atoms with E-state index in [-0.39, 0.29) is 0 Å². The van der Waals surface area contributed by atoms with Gasteiger partial charge in [-0.3, -0.25) is 5.43 Å². The Kier molecular flexibility index (Phi) is 7.51. The molecule has 0 unspecified atom stereocenters. The first-order valence-electron chi connectivity index (χ1n) is 4.05. The number of hydrogen-bond acceptors (Lipinski definition) is 2. The summed E-state index contributed by atoms with van der Waals surface area (Å²) >= 11 is 4.60. The summed E-state index contributed by atoms with van der Waals surface area (Å²) in [6.07, 6.45) is 5.00. The molecule has 11 heavy (non-hydrogen) atoms. The van der Waals surface area contributed by atoms with Crippen molar-refractivity contribution in [3.05, 3.63) is 0 Å². The zero-order chi connectivity index (χ0) is 8.53. The number of hydrogen-bond donors (Lipinski definition) is 3. The summed E-state index contributed by atoms with van der Waals surface area (Å²) < 4.78 is 0. The first kappa shape index (κ1) is 10.7. The fourth-order valence-electron chi connectivity index (χ4n) is 0.790. The molecule has 0 aliphatic carbocycles. The number of unbranched alkanes of at least 4 members (excludes halogenated alkanes) is 3. The molecule has 0 saturated heterocycles. The highest BCUT2D eigenvalue weighted by Gasteiger charge is 1.87. The lowest BCUT2D eigenvalue weighted by atomic mass is 10.2. The van der Waals surface area contributed by atoms with Crippen molar-refractivity contribution < 1.29 is 0 Å². The fraction of sp³-hybridized carbons (Fsp3) is 0.857. The van der Waals surface area contributed by atoms with Crippen molar-refractivity contribution in [3.63, 3.8) is 0 Å². The van der Waals surface area contributed by atoms with E-state index in [0.29, 0.717) is 5.11 Å². The molecule has 4 heteroatoms. The van der Waals surface area contributed by atoms with Gasteiger partial charge in [0.05, 0.1) is 0 Å². The predicted molar refractivity (Wildman–Crippen MR) is 52.1 cm³/mol. The first-order valence-corrected chi connectivity index (χ1v) is 4.46. The Labute approximate surface area is 73.7 Å². The molecule has 66 valence electrons. The van der Waals surface area contributed by atoms with Gasteiger partial charge in [0, 0.05) is 6.54 Å². The minimum absolute atomic E-state index is 0.306. The van der Waals surface area contributed by atoms with Crippen LogP contribution in [0.4, 0.5) is 0 Å². The van der Waals surface area contributed by atoms with E-state index in [9.17, 15) is 0 Å². The van der Waals surface area contributed by atoms with Gasteiger partial charge < -0.3 is 5.73 Å². The second-order valence-electron chi connectivity index (χ2n) is 2.48. The Morgan fingerprint density at radius 1 is 1.36 bits per heavy atom. The van der Waals surface area contributed by atoms with Gasteiger partial charge in [-0.2, -0.15) is 0 Å². The van der Waals surface area contributed by atoms with Crippen LogP contribution in [0.1, 0.15) is 32.6 Å². The molecule has 0 fully saturated rings. The maximum absolute atomic E-state index is 5.19. The van der Waals surface area contributed by atoms with Gasteiger partial charge in [0.1, 0.15) is 0 Å². The molecule has 0 heterocycles. The number of hydrazine groups is 1. The summed E-state index contributed by atoms with van der Waals surface area (Å²) in [5.74, 6) is 0. The van der Waals surface area contributed by atoms with Crippen LogP contribution in [0, 0.1) is 0 Å². The van der Waals surface area contributed by atoms with E-state index in [4.69, 9.17) is 5.73 Å². The summed E-state index contributed by atoms with van der Waals surface area (Å²) in [7, 11) is 0. The van der Waals surface area contributed by atoms with E-state index in [0.717, 1.165) is 6.54 Å². The molecule has 0 amide bonds. The summed E-state index contributed by atoms with van der Waals surface area (Å²) in [5.41, 5.74) is 10.8. The van der Waals surface area contributed by atoms with E-state index in [2.05, 4.69) is 30.0 Å². The quantitative estimate of drug-likeness (QED) is 0.319. The van der Waals surface area contributed by atoms with E-state index in [1.165, 1.54) is 25.7 Å². The van der Waals surface area contributed by atoms with Gasteiger partial charge in [-0.15, -0.1) is 0 Å². The molecule has 4 N–H and O–H groups in total. The maximum atomic E-state index is 5.19. The van der Waals surface area contributed by atoms with Crippen molar-refractivity contribution in [2.75, 3.05) is 6.54 Å². The van der Waals surface area contributed by atoms with Gasteiger partial charge >= 0.3 is 0 Å². The smallest absolute Gasteiger partial charge is 0.178 e. The monoisotopic (exact) mass is 175 g/mol. The van der Waals surface area contributed by atoms with Crippen LogP contribution in [-0.2, 0) is 0 Å². The van der Waals surface area contributed by atoms with Gasteiger partial charge in [0.25, 0.3) is 0 Å². The molecule has 0 bridgehead atoms. The molecule has 3 nitrogen and oxygen atoms in total. The zero-order valence-electron chi connectivity index (χ0n) is 7.02. The molecule has 0 aliphatic heterocycles. The molecule has 0 aromatic rings. The molecule has 0 aromatic heterocycles. The van der Waals surface area contributed by atoms with Crippen LogP contribution < -0.4 is 16.6 Å². The van der Waals surface area contributed by atoms with Crippen LogP contribution in [0.15, 0.2) is 0 Å². The van der Waals surface area contributed by atoms with Crippen LogP contribution in [-0.4, -0.2) is 11.7 Å². The zero-order valence-corrected chi connectivity index (χ0v) is 7.84. The SMILES string of the molecule is CCCCCCNNC(N)=S. The number of nitrogens with one attached hydrogen (secondary N) is 2.